The first-order valence-corrected chi connectivity index (χ1v) is 8.16. The lowest BCUT2D eigenvalue weighted by molar-refractivity contribution is 0.184. The van der Waals surface area contributed by atoms with Gasteiger partial charge >= 0.3 is 0 Å². The van der Waals surface area contributed by atoms with Crippen LogP contribution < -0.4 is 0 Å². The van der Waals surface area contributed by atoms with Crippen molar-refractivity contribution >= 4 is 8.32 Å². The molecule has 0 bridgehead atoms. The topological polar surface area (TPSA) is 58.0 Å². The van der Waals surface area contributed by atoms with Gasteiger partial charge in [-0.05, 0) is 38.0 Å². The van der Waals surface area contributed by atoms with Gasteiger partial charge in [0.05, 0.1) is 12.1 Å². The largest absolute Gasteiger partial charge is 0.414 e. The third-order valence-electron chi connectivity index (χ3n) is 2.12. The fourth-order valence-corrected chi connectivity index (χ4v) is 2.88. The molecule has 0 aromatic rings. The Kier molecular flexibility index (Phi) is 3.36. The second-order valence-corrected chi connectivity index (χ2v) is 8.93. The Labute approximate surface area is 80.0 Å². The van der Waals surface area contributed by atoms with Gasteiger partial charge in [-0.15, -0.1) is 0 Å². The molecular weight excluding hydrogens is 182 g/mol. The van der Waals surface area contributed by atoms with E-state index in [4.69, 9.17) is 9.96 Å². The van der Waals surface area contributed by atoms with Gasteiger partial charge in [0, 0.05) is 4.91 Å². The van der Waals surface area contributed by atoms with E-state index in [-0.39, 0.29) is 12.1 Å². The van der Waals surface area contributed by atoms with E-state index in [0.717, 1.165) is 19.3 Å². The van der Waals surface area contributed by atoms with Crippen LogP contribution in [0.2, 0.25) is 19.6 Å². The van der Waals surface area contributed by atoms with Crippen molar-refractivity contribution in [1.29, 1.82) is 0 Å². The summed E-state index contributed by atoms with van der Waals surface area (Å²) < 4.78 is 5.94. The molecule has 13 heavy (non-hydrogen) atoms. The summed E-state index contributed by atoms with van der Waals surface area (Å²) >= 11 is 0. The summed E-state index contributed by atoms with van der Waals surface area (Å²) in [5.41, 5.74) is 8.36. The smallest absolute Gasteiger partial charge is 0.184 e. The zero-order valence-corrected chi connectivity index (χ0v) is 9.53. The van der Waals surface area contributed by atoms with Crippen LogP contribution in [0.4, 0.5) is 0 Å². The minimum atomic E-state index is -1.48. The lowest BCUT2D eigenvalue weighted by atomic mass is 10.2. The van der Waals surface area contributed by atoms with Gasteiger partial charge in [0.2, 0.25) is 0 Å². The van der Waals surface area contributed by atoms with Gasteiger partial charge in [0.15, 0.2) is 8.32 Å². The Balaban J connectivity index is 2.53. The Bertz CT molecular complexity index is 220. The molecule has 2 atom stereocenters. The third kappa shape index (κ3) is 3.38. The minimum Gasteiger partial charge on any atom is -0.414 e. The van der Waals surface area contributed by atoms with Crippen LogP contribution >= 0.6 is 0 Å². The molecule has 1 aliphatic rings. The number of nitrogens with zero attached hydrogens (tertiary/aromatic N) is 3. The van der Waals surface area contributed by atoms with Crippen LogP contribution in [0.5, 0.6) is 0 Å². The first kappa shape index (κ1) is 10.6. The molecule has 1 rings (SSSR count). The summed E-state index contributed by atoms with van der Waals surface area (Å²) in [5, 5.41) is 3.77. The van der Waals surface area contributed by atoms with E-state index < -0.39 is 8.32 Å². The van der Waals surface area contributed by atoms with Gasteiger partial charge in [0.25, 0.3) is 0 Å². The molecule has 1 aliphatic carbocycles. The highest BCUT2D eigenvalue weighted by molar-refractivity contribution is 6.69. The molecule has 0 aromatic carbocycles. The molecule has 1 saturated carbocycles. The van der Waals surface area contributed by atoms with Crippen molar-refractivity contribution in [2.75, 3.05) is 0 Å². The molecule has 0 heterocycles. The fraction of sp³-hybridized carbons (Fsp3) is 1.00. The Morgan fingerprint density at radius 2 is 2.08 bits per heavy atom. The summed E-state index contributed by atoms with van der Waals surface area (Å²) in [6.45, 7) is 6.50. The predicted octanol–water partition coefficient (Wildman–Crippen LogP) is 3.07. The molecular formula is C8H17N3OSi. The quantitative estimate of drug-likeness (QED) is 0.298. The van der Waals surface area contributed by atoms with Gasteiger partial charge in [-0.25, -0.2) is 0 Å². The molecule has 1 fully saturated rings. The van der Waals surface area contributed by atoms with E-state index in [1.54, 1.807) is 0 Å². The predicted molar refractivity (Wildman–Crippen MR) is 55.0 cm³/mol. The van der Waals surface area contributed by atoms with Crippen molar-refractivity contribution in [1.82, 2.24) is 0 Å². The van der Waals surface area contributed by atoms with E-state index >= 15 is 0 Å². The zero-order chi connectivity index (χ0) is 9.90. The van der Waals surface area contributed by atoms with Crippen molar-refractivity contribution in [3.8, 4) is 0 Å². The zero-order valence-electron chi connectivity index (χ0n) is 8.53. The van der Waals surface area contributed by atoms with Gasteiger partial charge in [-0.2, -0.15) is 0 Å². The standard InChI is InChI=1S/C8H17N3OSi/c1-13(2,3)12-8-6-4-5-7(8)10-11-9/h7-8H,4-6H2,1-3H3/t7?,8-/m0/s1. The molecule has 4 nitrogen and oxygen atoms in total. The highest BCUT2D eigenvalue weighted by Gasteiger charge is 2.31. The average molecular weight is 199 g/mol. The fourth-order valence-electron chi connectivity index (χ4n) is 1.70. The molecule has 1 unspecified atom stereocenters. The maximum absolute atomic E-state index is 8.36. The molecule has 0 saturated heterocycles. The van der Waals surface area contributed by atoms with E-state index in [2.05, 4.69) is 29.7 Å². The Morgan fingerprint density at radius 3 is 2.62 bits per heavy atom. The van der Waals surface area contributed by atoms with Crippen LogP contribution in [-0.2, 0) is 4.43 Å². The third-order valence-corrected chi connectivity index (χ3v) is 3.13. The van der Waals surface area contributed by atoms with Gasteiger partial charge in [0.1, 0.15) is 0 Å². The number of hydrogen-bond acceptors (Lipinski definition) is 2. The molecule has 74 valence electrons. The molecule has 0 aliphatic heterocycles. The lowest BCUT2D eigenvalue weighted by Crippen LogP contribution is -2.35. The molecule has 0 N–H and O–H groups in total. The van der Waals surface area contributed by atoms with Gasteiger partial charge in [-0.3, -0.25) is 0 Å². The monoisotopic (exact) mass is 199 g/mol. The Morgan fingerprint density at radius 1 is 1.38 bits per heavy atom. The summed E-state index contributed by atoms with van der Waals surface area (Å²) in [6, 6.07) is 0.0803. The molecule has 0 aromatic heterocycles. The van der Waals surface area contributed by atoms with E-state index in [1.807, 2.05) is 0 Å². The van der Waals surface area contributed by atoms with Crippen molar-refractivity contribution in [2.45, 2.75) is 51.0 Å². The van der Waals surface area contributed by atoms with Crippen molar-refractivity contribution in [2.24, 2.45) is 5.11 Å². The first-order chi connectivity index (χ1) is 6.03. The normalized spacial score (nSPS) is 28.5. The van der Waals surface area contributed by atoms with Crippen LogP contribution in [0.3, 0.4) is 0 Å². The summed E-state index contributed by atoms with van der Waals surface area (Å²) in [4.78, 5) is 2.86. The first-order valence-electron chi connectivity index (χ1n) is 4.75. The molecule has 0 amide bonds. The minimum absolute atomic E-state index is 0.0803. The second kappa shape index (κ2) is 4.13. The summed E-state index contributed by atoms with van der Waals surface area (Å²) in [6.07, 6.45) is 3.34. The van der Waals surface area contributed by atoms with Gasteiger partial charge in [-0.1, -0.05) is 11.5 Å². The highest BCUT2D eigenvalue weighted by Crippen LogP contribution is 2.27. The summed E-state index contributed by atoms with van der Waals surface area (Å²) in [7, 11) is -1.48. The molecule has 0 spiro atoms. The van der Waals surface area contributed by atoms with Crippen LogP contribution in [-0.4, -0.2) is 20.5 Å². The Hall–Kier alpha value is -0.513. The lowest BCUT2D eigenvalue weighted by Gasteiger charge is -2.25. The molecule has 0 radical (unpaired) electrons. The number of rotatable bonds is 3. The maximum Gasteiger partial charge on any atom is 0.184 e. The van der Waals surface area contributed by atoms with E-state index in [9.17, 15) is 0 Å². The van der Waals surface area contributed by atoms with Crippen molar-refractivity contribution in [3.63, 3.8) is 0 Å². The van der Waals surface area contributed by atoms with Crippen LogP contribution in [0, 0.1) is 0 Å². The van der Waals surface area contributed by atoms with E-state index in [1.165, 1.54) is 0 Å². The second-order valence-electron chi connectivity index (χ2n) is 4.47. The van der Waals surface area contributed by atoms with E-state index in [0.29, 0.717) is 0 Å². The number of hydrogen-bond donors (Lipinski definition) is 0. The van der Waals surface area contributed by atoms with Crippen molar-refractivity contribution in [3.05, 3.63) is 10.4 Å². The van der Waals surface area contributed by atoms with Crippen LogP contribution in [0.25, 0.3) is 10.4 Å². The van der Waals surface area contributed by atoms with Crippen molar-refractivity contribution < 1.29 is 4.43 Å². The van der Waals surface area contributed by atoms with Gasteiger partial charge < -0.3 is 4.43 Å². The highest BCUT2D eigenvalue weighted by atomic mass is 28.4. The summed E-state index contributed by atoms with van der Waals surface area (Å²) in [5.74, 6) is 0. The number of azide groups is 1. The van der Waals surface area contributed by atoms with Crippen LogP contribution in [0.15, 0.2) is 5.11 Å². The SMILES string of the molecule is C[Si](C)(C)O[C@H]1CCCC1N=[N+]=[N-]. The average Bonchev–Trinajstić information content (AvgIpc) is 2.34. The maximum atomic E-state index is 8.36. The molecule has 5 heteroatoms. The van der Waals surface area contributed by atoms with Crippen LogP contribution in [0.1, 0.15) is 19.3 Å².